The lowest BCUT2D eigenvalue weighted by atomic mass is 9.94. The van der Waals surface area contributed by atoms with E-state index in [9.17, 15) is 18.0 Å². The summed E-state index contributed by atoms with van der Waals surface area (Å²) in [4.78, 5) is 30.5. The number of nitrogens with zero attached hydrogens (tertiary/aromatic N) is 2. The van der Waals surface area contributed by atoms with Crippen LogP contribution in [0.5, 0.6) is 0 Å². The Morgan fingerprint density at radius 3 is 2.13 bits per heavy atom. The highest BCUT2D eigenvalue weighted by Gasteiger charge is 2.36. The number of benzene rings is 4. The van der Waals surface area contributed by atoms with Crippen LogP contribution in [0.1, 0.15) is 54.4 Å². The van der Waals surface area contributed by atoms with Crippen LogP contribution in [0.4, 0.5) is 5.69 Å². The van der Waals surface area contributed by atoms with E-state index in [1.165, 1.54) is 12.1 Å². The first-order valence-corrected chi connectivity index (χ1v) is 18.0. The Labute approximate surface area is 283 Å². The molecule has 2 amide bonds. The Morgan fingerprint density at radius 2 is 1.47 bits per heavy atom. The maximum atomic E-state index is 14.7. The summed E-state index contributed by atoms with van der Waals surface area (Å²) < 4.78 is 29.6. The Kier molecular flexibility index (Phi) is 11.4. The molecule has 5 rings (SSSR count). The molecule has 0 spiro atoms. The third kappa shape index (κ3) is 8.82. The summed E-state index contributed by atoms with van der Waals surface area (Å²) in [5, 5.41) is 3.59. The lowest BCUT2D eigenvalue weighted by Gasteiger charge is -2.35. The molecule has 47 heavy (non-hydrogen) atoms. The lowest BCUT2D eigenvalue weighted by Crippen LogP contribution is -2.55. The number of carbonyl (C=O) groups is 2. The second-order valence-electron chi connectivity index (χ2n) is 12.3. The normalized spacial score (nSPS) is 14.3. The molecule has 0 heterocycles. The fourth-order valence-electron chi connectivity index (χ4n) is 6.07. The molecule has 0 aromatic heterocycles. The molecule has 4 aromatic carbocycles. The molecule has 4 aromatic rings. The second kappa shape index (κ2) is 15.6. The number of halogens is 1. The summed E-state index contributed by atoms with van der Waals surface area (Å²) in [6.45, 7) is 3.38. The Hall–Kier alpha value is -4.14. The molecule has 1 aliphatic carbocycles. The van der Waals surface area contributed by atoms with Gasteiger partial charge in [-0.2, -0.15) is 0 Å². The van der Waals surface area contributed by atoms with E-state index in [2.05, 4.69) is 5.32 Å². The van der Waals surface area contributed by atoms with Crippen molar-refractivity contribution in [2.24, 2.45) is 0 Å². The zero-order chi connectivity index (χ0) is 33.4. The van der Waals surface area contributed by atoms with E-state index in [1.54, 1.807) is 48.2 Å². The van der Waals surface area contributed by atoms with Gasteiger partial charge in [-0.25, -0.2) is 8.42 Å². The molecule has 9 heteroatoms. The molecule has 246 valence electrons. The van der Waals surface area contributed by atoms with Crippen molar-refractivity contribution in [3.05, 3.63) is 130 Å². The van der Waals surface area contributed by atoms with E-state index in [-0.39, 0.29) is 29.8 Å². The van der Waals surface area contributed by atoms with Crippen LogP contribution in [0, 0.1) is 13.8 Å². The average Bonchev–Trinajstić information content (AvgIpc) is 3.08. The van der Waals surface area contributed by atoms with Crippen molar-refractivity contribution in [3.63, 3.8) is 0 Å². The summed E-state index contributed by atoms with van der Waals surface area (Å²) in [7, 11) is -4.20. The molecule has 7 nitrogen and oxygen atoms in total. The van der Waals surface area contributed by atoms with Crippen molar-refractivity contribution in [1.29, 1.82) is 0 Å². The Bertz CT molecular complexity index is 1760. The van der Waals surface area contributed by atoms with Crippen LogP contribution >= 0.6 is 11.6 Å². The molecule has 0 bridgehead atoms. The van der Waals surface area contributed by atoms with Gasteiger partial charge in [0.25, 0.3) is 10.0 Å². The van der Waals surface area contributed by atoms with Crippen LogP contribution < -0.4 is 9.62 Å². The van der Waals surface area contributed by atoms with E-state index >= 15 is 0 Å². The summed E-state index contributed by atoms with van der Waals surface area (Å²) in [5.74, 6) is -0.734. The van der Waals surface area contributed by atoms with Crippen molar-refractivity contribution in [1.82, 2.24) is 10.2 Å². The van der Waals surface area contributed by atoms with Crippen molar-refractivity contribution < 1.29 is 18.0 Å². The van der Waals surface area contributed by atoms with Crippen LogP contribution in [0.15, 0.2) is 108 Å². The van der Waals surface area contributed by atoms with E-state index in [0.29, 0.717) is 16.3 Å². The first-order valence-electron chi connectivity index (χ1n) is 16.1. The van der Waals surface area contributed by atoms with Crippen molar-refractivity contribution >= 4 is 39.1 Å². The van der Waals surface area contributed by atoms with Gasteiger partial charge in [-0.1, -0.05) is 115 Å². The second-order valence-corrected chi connectivity index (χ2v) is 14.6. The summed E-state index contributed by atoms with van der Waals surface area (Å²) in [5.41, 5.74) is 3.75. The summed E-state index contributed by atoms with van der Waals surface area (Å²) in [6, 6.07) is 29.6. The summed E-state index contributed by atoms with van der Waals surface area (Å²) in [6.07, 6.45) is 5.31. The highest BCUT2D eigenvalue weighted by molar-refractivity contribution is 7.92. The topological polar surface area (TPSA) is 86.8 Å². The maximum absolute atomic E-state index is 14.7. The van der Waals surface area contributed by atoms with Crippen LogP contribution in [-0.2, 0) is 32.6 Å². The van der Waals surface area contributed by atoms with E-state index in [4.69, 9.17) is 11.6 Å². The first kappa shape index (κ1) is 34.2. The molecular weight excluding hydrogens is 630 g/mol. The molecule has 0 unspecified atom stereocenters. The average molecular weight is 672 g/mol. The van der Waals surface area contributed by atoms with Gasteiger partial charge in [-0.15, -0.1) is 0 Å². The van der Waals surface area contributed by atoms with Gasteiger partial charge in [0.05, 0.1) is 10.6 Å². The number of hydrogen-bond acceptors (Lipinski definition) is 4. The number of hydrogen-bond donors (Lipinski definition) is 1. The summed E-state index contributed by atoms with van der Waals surface area (Å²) >= 11 is 6.38. The van der Waals surface area contributed by atoms with Gasteiger partial charge in [0, 0.05) is 24.0 Å². The third-order valence-electron chi connectivity index (χ3n) is 8.75. The molecule has 0 saturated heterocycles. The van der Waals surface area contributed by atoms with Crippen LogP contribution in [-0.4, -0.2) is 43.8 Å². The van der Waals surface area contributed by atoms with Crippen LogP contribution in [0.3, 0.4) is 0 Å². The number of rotatable bonds is 12. The SMILES string of the molecule is Cc1ccc(CN(C(=O)CN(c2cc(Cl)ccc2C)S(=O)(=O)c2ccccc2)[C@@H](Cc2ccccc2)C(=O)NC2CCCCC2)cc1. The quantitative estimate of drug-likeness (QED) is 0.172. The van der Waals surface area contributed by atoms with Crippen LogP contribution in [0.25, 0.3) is 0 Å². The Morgan fingerprint density at radius 1 is 0.830 bits per heavy atom. The fourth-order valence-corrected chi connectivity index (χ4v) is 7.73. The van der Waals surface area contributed by atoms with Gasteiger partial charge in [-0.3, -0.25) is 13.9 Å². The number of carbonyl (C=O) groups excluding carboxylic acids is 2. The largest absolute Gasteiger partial charge is 0.352 e. The number of nitrogens with one attached hydrogen (secondary N) is 1. The zero-order valence-corrected chi connectivity index (χ0v) is 28.5. The predicted octanol–water partition coefficient (Wildman–Crippen LogP) is 7.24. The minimum absolute atomic E-state index is 0.0370. The predicted molar refractivity (Wildman–Crippen MR) is 188 cm³/mol. The molecule has 1 aliphatic rings. The molecule has 1 fully saturated rings. The monoisotopic (exact) mass is 671 g/mol. The minimum Gasteiger partial charge on any atom is -0.352 e. The molecule has 0 radical (unpaired) electrons. The zero-order valence-electron chi connectivity index (χ0n) is 26.9. The lowest BCUT2D eigenvalue weighted by molar-refractivity contribution is -0.140. The number of aryl methyl sites for hydroxylation is 2. The van der Waals surface area contributed by atoms with Crippen molar-refractivity contribution in [2.75, 3.05) is 10.8 Å². The van der Waals surface area contributed by atoms with Gasteiger partial charge < -0.3 is 10.2 Å². The van der Waals surface area contributed by atoms with Crippen molar-refractivity contribution in [3.8, 4) is 0 Å². The first-order chi connectivity index (χ1) is 22.6. The standard InChI is InChI=1S/C38H42ClN3O4S/c1-28-18-21-31(22-19-28)26-41(36(24-30-12-6-3-7-13-30)38(44)40-33-14-8-4-9-15-33)37(43)27-42(35-25-32(39)23-20-29(35)2)47(45,46)34-16-10-5-11-17-34/h3,5-7,10-13,16-23,25,33,36H,4,8-9,14-15,24,26-27H2,1-2H3,(H,40,44)/t36-/m0/s1. The van der Waals surface area contributed by atoms with Gasteiger partial charge in [0.1, 0.15) is 12.6 Å². The van der Waals surface area contributed by atoms with E-state index in [0.717, 1.165) is 53.1 Å². The van der Waals surface area contributed by atoms with E-state index in [1.807, 2.05) is 61.5 Å². The minimum atomic E-state index is -4.20. The number of anilines is 1. The number of amides is 2. The highest BCUT2D eigenvalue weighted by atomic mass is 35.5. The Balaban J connectivity index is 1.58. The van der Waals surface area contributed by atoms with Crippen molar-refractivity contribution in [2.45, 2.75) is 75.9 Å². The van der Waals surface area contributed by atoms with E-state index < -0.39 is 28.5 Å². The molecule has 1 N–H and O–H groups in total. The number of sulfonamides is 1. The maximum Gasteiger partial charge on any atom is 0.264 e. The smallest absolute Gasteiger partial charge is 0.264 e. The highest BCUT2D eigenvalue weighted by Crippen LogP contribution is 2.30. The van der Waals surface area contributed by atoms with Gasteiger partial charge in [-0.05, 0) is 67.6 Å². The molecule has 0 aliphatic heterocycles. The van der Waals surface area contributed by atoms with Gasteiger partial charge >= 0.3 is 0 Å². The fraction of sp³-hybridized carbons (Fsp3) is 0.316. The molecular formula is C38H42ClN3O4S. The third-order valence-corrected chi connectivity index (χ3v) is 10.8. The molecule has 1 saturated carbocycles. The van der Waals surface area contributed by atoms with Crippen LogP contribution in [0.2, 0.25) is 5.02 Å². The molecule has 1 atom stereocenters. The van der Waals surface area contributed by atoms with Gasteiger partial charge in [0.15, 0.2) is 0 Å². The van der Waals surface area contributed by atoms with Gasteiger partial charge in [0.2, 0.25) is 11.8 Å².